The number of aliphatic hydroxyl groups excluding tert-OH is 1. The molecule has 1 amide bonds. The molecule has 2 aromatic heterocycles. The number of anilines is 1. The van der Waals surface area contributed by atoms with Gasteiger partial charge in [-0.15, -0.1) is 0 Å². The topological polar surface area (TPSA) is 83.6 Å². The lowest BCUT2D eigenvalue weighted by Gasteiger charge is -2.25. The highest BCUT2D eigenvalue weighted by atomic mass is 16.3. The SMILES string of the molecule is Cc1ccc([C@H]2C(C(=O)c3ccco3)=C(O)C(=O)N2c2ccccn2)cc1. The quantitative estimate of drug-likeness (QED) is 0.716. The van der Waals surface area contributed by atoms with Crippen molar-refractivity contribution in [2.24, 2.45) is 0 Å². The molecule has 0 bridgehead atoms. The van der Waals surface area contributed by atoms with Crippen LogP contribution in [0.25, 0.3) is 0 Å². The molecule has 0 fully saturated rings. The number of ketones is 1. The molecule has 0 saturated carbocycles. The van der Waals surface area contributed by atoms with Crippen LogP contribution in [0.1, 0.15) is 27.7 Å². The zero-order chi connectivity index (χ0) is 19.0. The maximum absolute atomic E-state index is 13.0. The number of hydrogen-bond acceptors (Lipinski definition) is 5. The molecule has 3 aromatic rings. The number of hydrogen-bond donors (Lipinski definition) is 1. The van der Waals surface area contributed by atoms with E-state index in [1.54, 1.807) is 30.5 Å². The van der Waals surface area contributed by atoms with Crippen LogP contribution in [0.15, 0.2) is 82.8 Å². The lowest BCUT2D eigenvalue weighted by Crippen LogP contribution is -2.31. The Morgan fingerprint density at radius 3 is 2.52 bits per heavy atom. The van der Waals surface area contributed by atoms with Gasteiger partial charge in [-0.2, -0.15) is 0 Å². The van der Waals surface area contributed by atoms with Crippen molar-refractivity contribution in [3.05, 3.63) is 95.3 Å². The summed E-state index contributed by atoms with van der Waals surface area (Å²) in [6.45, 7) is 1.95. The van der Waals surface area contributed by atoms with Gasteiger partial charge in [0.25, 0.3) is 5.91 Å². The molecule has 0 aliphatic carbocycles. The number of aromatic nitrogens is 1. The Bertz CT molecular complexity index is 1020. The summed E-state index contributed by atoms with van der Waals surface area (Å²) < 4.78 is 5.20. The molecular weight excluding hydrogens is 344 g/mol. The number of nitrogens with zero attached hydrogens (tertiary/aromatic N) is 2. The average Bonchev–Trinajstić information content (AvgIpc) is 3.31. The predicted molar refractivity (Wildman–Crippen MR) is 98.3 cm³/mol. The summed E-state index contributed by atoms with van der Waals surface area (Å²) in [5.74, 6) is -1.39. The Morgan fingerprint density at radius 1 is 1.11 bits per heavy atom. The number of pyridine rings is 1. The second kappa shape index (κ2) is 6.57. The van der Waals surface area contributed by atoms with Gasteiger partial charge in [-0.25, -0.2) is 4.98 Å². The molecule has 1 aromatic carbocycles. The van der Waals surface area contributed by atoms with Crippen LogP contribution in [0.4, 0.5) is 5.82 Å². The Morgan fingerprint density at radius 2 is 1.89 bits per heavy atom. The number of rotatable bonds is 4. The lowest BCUT2D eigenvalue weighted by molar-refractivity contribution is -0.117. The molecule has 0 saturated heterocycles. The van der Waals surface area contributed by atoms with Crippen molar-refractivity contribution in [3.63, 3.8) is 0 Å². The standard InChI is InChI=1S/C21H16N2O4/c1-13-7-9-14(10-8-13)18-17(19(24)15-5-4-12-27-15)20(25)21(26)23(18)16-6-2-3-11-22-16/h2-12,18,25H,1H3/t18-/m0/s1. The van der Waals surface area contributed by atoms with Crippen LogP contribution in [0.5, 0.6) is 0 Å². The van der Waals surface area contributed by atoms with Crippen molar-refractivity contribution >= 4 is 17.5 Å². The minimum absolute atomic E-state index is 0.0237. The summed E-state index contributed by atoms with van der Waals surface area (Å²) in [6.07, 6.45) is 2.93. The number of amides is 1. The molecule has 1 aliphatic heterocycles. The lowest BCUT2D eigenvalue weighted by atomic mass is 9.94. The maximum atomic E-state index is 13.0. The number of furan rings is 1. The van der Waals surface area contributed by atoms with E-state index in [1.807, 2.05) is 31.2 Å². The van der Waals surface area contributed by atoms with Gasteiger partial charge in [-0.05, 0) is 36.8 Å². The van der Waals surface area contributed by atoms with E-state index in [4.69, 9.17) is 4.42 Å². The van der Waals surface area contributed by atoms with Gasteiger partial charge in [0.05, 0.1) is 17.9 Å². The number of aryl methyl sites for hydroxylation is 1. The molecule has 0 radical (unpaired) electrons. The van der Waals surface area contributed by atoms with Crippen LogP contribution < -0.4 is 4.90 Å². The average molecular weight is 360 g/mol. The zero-order valence-corrected chi connectivity index (χ0v) is 14.5. The highest BCUT2D eigenvalue weighted by molar-refractivity contribution is 6.19. The van der Waals surface area contributed by atoms with Crippen molar-refractivity contribution in [1.82, 2.24) is 4.98 Å². The molecule has 134 valence electrons. The van der Waals surface area contributed by atoms with Gasteiger partial charge in [-0.3, -0.25) is 14.5 Å². The van der Waals surface area contributed by atoms with Crippen LogP contribution in [0.2, 0.25) is 0 Å². The van der Waals surface area contributed by atoms with Crippen molar-refractivity contribution in [3.8, 4) is 0 Å². The van der Waals surface area contributed by atoms with E-state index in [1.165, 1.54) is 17.2 Å². The fourth-order valence-electron chi connectivity index (χ4n) is 3.17. The predicted octanol–water partition coefficient (Wildman–Crippen LogP) is 3.77. The molecule has 27 heavy (non-hydrogen) atoms. The normalized spacial score (nSPS) is 16.9. The fourth-order valence-corrected chi connectivity index (χ4v) is 3.17. The number of benzene rings is 1. The Balaban J connectivity index is 1.88. The molecule has 4 rings (SSSR count). The summed E-state index contributed by atoms with van der Waals surface area (Å²) >= 11 is 0. The first kappa shape index (κ1) is 16.8. The van der Waals surface area contributed by atoms with Crippen molar-refractivity contribution in [1.29, 1.82) is 0 Å². The third kappa shape index (κ3) is 2.81. The second-order valence-corrected chi connectivity index (χ2v) is 6.25. The number of aliphatic hydroxyl groups is 1. The van der Waals surface area contributed by atoms with Crippen molar-refractivity contribution in [2.75, 3.05) is 4.90 Å². The Hall–Kier alpha value is -3.67. The molecule has 0 spiro atoms. The largest absolute Gasteiger partial charge is 0.503 e. The fraction of sp³-hybridized carbons (Fsp3) is 0.0952. The monoisotopic (exact) mass is 360 g/mol. The minimum atomic E-state index is -0.800. The van der Waals surface area contributed by atoms with Gasteiger partial charge in [0.1, 0.15) is 5.82 Å². The van der Waals surface area contributed by atoms with E-state index in [9.17, 15) is 14.7 Å². The molecule has 0 unspecified atom stereocenters. The van der Waals surface area contributed by atoms with E-state index in [0.29, 0.717) is 11.4 Å². The smallest absolute Gasteiger partial charge is 0.295 e. The minimum Gasteiger partial charge on any atom is -0.503 e. The molecule has 1 atom stereocenters. The molecule has 1 N–H and O–H groups in total. The molecule has 3 heterocycles. The highest BCUT2D eigenvalue weighted by Gasteiger charge is 2.45. The first-order valence-corrected chi connectivity index (χ1v) is 8.40. The molecular formula is C21H16N2O4. The van der Waals surface area contributed by atoms with Crippen LogP contribution in [-0.2, 0) is 4.79 Å². The second-order valence-electron chi connectivity index (χ2n) is 6.25. The van der Waals surface area contributed by atoms with E-state index in [-0.39, 0.29) is 11.3 Å². The van der Waals surface area contributed by atoms with E-state index < -0.39 is 23.5 Å². The summed E-state index contributed by atoms with van der Waals surface area (Å²) in [5.41, 5.74) is 1.71. The summed E-state index contributed by atoms with van der Waals surface area (Å²) in [7, 11) is 0. The van der Waals surface area contributed by atoms with E-state index >= 15 is 0 Å². The molecule has 1 aliphatic rings. The first-order valence-electron chi connectivity index (χ1n) is 8.40. The van der Waals surface area contributed by atoms with E-state index in [0.717, 1.165) is 5.56 Å². The van der Waals surface area contributed by atoms with Gasteiger partial charge in [0, 0.05) is 6.20 Å². The van der Waals surface area contributed by atoms with Crippen LogP contribution in [-0.4, -0.2) is 21.8 Å². The van der Waals surface area contributed by atoms with Crippen LogP contribution in [0, 0.1) is 6.92 Å². The number of Topliss-reactive ketones (excluding diaryl/α,β-unsaturated/α-hetero) is 1. The van der Waals surface area contributed by atoms with Gasteiger partial charge < -0.3 is 9.52 Å². The first-order chi connectivity index (χ1) is 13.1. The van der Waals surface area contributed by atoms with E-state index in [2.05, 4.69) is 4.98 Å². The highest BCUT2D eigenvalue weighted by Crippen LogP contribution is 2.41. The summed E-state index contributed by atoms with van der Waals surface area (Å²) in [6, 6.07) is 14.9. The van der Waals surface area contributed by atoms with Crippen LogP contribution in [0.3, 0.4) is 0 Å². The number of carbonyl (C=O) groups is 2. The van der Waals surface area contributed by atoms with Gasteiger partial charge in [0.2, 0.25) is 5.78 Å². The van der Waals surface area contributed by atoms with Gasteiger partial charge in [0.15, 0.2) is 11.5 Å². The molecule has 6 nitrogen and oxygen atoms in total. The third-order valence-electron chi connectivity index (χ3n) is 4.49. The van der Waals surface area contributed by atoms with Gasteiger partial charge in [-0.1, -0.05) is 35.9 Å². The Kier molecular flexibility index (Phi) is 4.08. The van der Waals surface area contributed by atoms with Crippen molar-refractivity contribution in [2.45, 2.75) is 13.0 Å². The third-order valence-corrected chi connectivity index (χ3v) is 4.49. The summed E-state index contributed by atoms with van der Waals surface area (Å²) in [5, 5.41) is 10.5. The summed E-state index contributed by atoms with van der Waals surface area (Å²) in [4.78, 5) is 31.4. The number of carbonyl (C=O) groups excluding carboxylic acids is 2. The van der Waals surface area contributed by atoms with Crippen LogP contribution >= 0.6 is 0 Å². The zero-order valence-electron chi connectivity index (χ0n) is 14.5. The molecule has 6 heteroatoms. The maximum Gasteiger partial charge on any atom is 0.295 e. The van der Waals surface area contributed by atoms with Crippen molar-refractivity contribution < 1.29 is 19.1 Å². The van der Waals surface area contributed by atoms with Gasteiger partial charge >= 0.3 is 0 Å². The Labute approximate surface area is 155 Å².